The van der Waals surface area contributed by atoms with Crippen LogP contribution in [0.25, 0.3) is 0 Å². The molecule has 7 nitrogen and oxygen atoms in total. The minimum absolute atomic E-state index is 0. The van der Waals surface area contributed by atoms with E-state index in [-0.39, 0.29) is 18.3 Å². The molecule has 3 fully saturated rings. The summed E-state index contributed by atoms with van der Waals surface area (Å²) >= 11 is 0. The summed E-state index contributed by atoms with van der Waals surface area (Å²) in [5.74, 6) is 1.19. The van der Waals surface area contributed by atoms with Gasteiger partial charge in [0, 0.05) is 71.0 Å². The smallest absolute Gasteiger partial charge is 0.248 e. The predicted octanol–water partition coefficient (Wildman–Crippen LogP) is 2.39. The Hall–Kier alpha value is -2.16. The van der Waals surface area contributed by atoms with Crippen molar-refractivity contribution in [2.45, 2.75) is 18.5 Å². The van der Waals surface area contributed by atoms with Crippen LogP contribution in [0, 0.1) is 0 Å². The number of carbonyl (C=O) groups is 1. The molecule has 5 rings (SSSR count). The first kappa shape index (κ1) is 26.9. The Labute approximate surface area is 221 Å². The number of para-hydroxylation sites is 1. The maximum absolute atomic E-state index is 13.7. The Morgan fingerprint density at radius 3 is 2.14 bits per heavy atom. The number of amides is 1. The number of carbonyl (C=O) groups excluding carboxylic acids is 1. The van der Waals surface area contributed by atoms with Gasteiger partial charge in [-0.25, -0.2) is 0 Å². The van der Waals surface area contributed by atoms with Crippen LogP contribution < -0.4 is 4.74 Å². The van der Waals surface area contributed by atoms with Gasteiger partial charge >= 0.3 is 0 Å². The van der Waals surface area contributed by atoms with Gasteiger partial charge in [-0.15, -0.1) is 12.4 Å². The van der Waals surface area contributed by atoms with E-state index in [0.29, 0.717) is 13.2 Å². The van der Waals surface area contributed by atoms with Crippen molar-refractivity contribution in [3.8, 4) is 5.75 Å². The molecule has 0 N–H and O–H groups in total. The molecule has 3 aliphatic heterocycles. The van der Waals surface area contributed by atoms with Gasteiger partial charge in [0.25, 0.3) is 0 Å². The van der Waals surface area contributed by atoms with Gasteiger partial charge in [-0.2, -0.15) is 0 Å². The number of ether oxygens (including phenoxy) is 2. The lowest BCUT2D eigenvalue weighted by molar-refractivity contribution is -0.185. The Kier molecular flexibility index (Phi) is 9.25. The fourth-order valence-corrected chi connectivity index (χ4v) is 5.55. The first-order valence-electron chi connectivity index (χ1n) is 12.9. The molecule has 0 saturated carbocycles. The number of piperazine rings is 2. The molecule has 2 aromatic rings. The monoisotopic (exact) mass is 514 g/mol. The summed E-state index contributed by atoms with van der Waals surface area (Å²) in [7, 11) is 1.72. The second-order valence-electron chi connectivity index (χ2n) is 9.97. The second-order valence-corrected chi connectivity index (χ2v) is 9.97. The Bertz CT molecular complexity index is 972. The quantitative estimate of drug-likeness (QED) is 0.539. The zero-order valence-corrected chi connectivity index (χ0v) is 22.1. The maximum Gasteiger partial charge on any atom is 0.248 e. The van der Waals surface area contributed by atoms with E-state index in [2.05, 4.69) is 62.1 Å². The summed E-state index contributed by atoms with van der Waals surface area (Å²) in [5, 5.41) is 0. The highest BCUT2D eigenvalue weighted by molar-refractivity contribution is 5.88. The van der Waals surface area contributed by atoms with Gasteiger partial charge in [-0.1, -0.05) is 48.5 Å². The highest BCUT2D eigenvalue weighted by Gasteiger charge is 2.53. The van der Waals surface area contributed by atoms with E-state index in [1.165, 1.54) is 11.1 Å². The van der Waals surface area contributed by atoms with Crippen LogP contribution in [0.4, 0.5) is 0 Å². The van der Waals surface area contributed by atoms with Crippen molar-refractivity contribution in [3.05, 3.63) is 65.7 Å². The zero-order valence-electron chi connectivity index (χ0n) is 21.3. The fraction of sp³-hybridized carbons (Fsp3) is 0.536. The SMILES string of the molecule is COc1ccccc1CN1CCN(C(=O)C2(N3CCN(CCc4ccccc4)CC3)COC2)CC1.Cl. The van der Waals surface area contributed by atoms with Crippen LogP contribution in [-0.4, -0.2) is 110 Å². The minimum Gasteiger partial charge on any atom is -0.496 e. The topological polar surface area (TPSA) is 48.5 Å². The fourth-order valence-electron chi connectivity index (χ4n) is 5.55. The number of methoxy groups -OCH3 is 1. The van der Waals surface area contributed by atoms with E-state index in [4.69, 9.17) is 9.47 Å². The predicted molar refractivity (Wildman–Crippen MR) is 144 cm³/mol. The van der Waals surface area contributed by atoms with E-state index < -0.39 is 5.54 Å². The lowest BCUT2D eigenvalue weighted by atomic mass is 9.91. The van der Waals surface area contributed by atoms with E-state index >= 15 is 0 Å². The summed E-state index contributed by atoms with van der Waals surface area (Å²) < 4.78 is 11.1. The van der Waals surface area contributed by atoms with Crippen molar-refractivity contribution in [3.63, 3.8) is 0 Å². The van der Waals surface area contributed by atoms with Crippen molar-refractivity contribution >= 4 is 18.3 Å². The summed E-state index contributed by atoms with van der Waals surface area (Å²) in [4.78, 5) is 23.1. The third-order valence-electron chi connectivity index (χ3n) is 7.86. The van der Waals surface area contributed by atoms with Crippen LogP contribution in [0.1, 0.15) is 11.1 Å². The van der Waals surface area contributed by atoms with Gasteiger partial charge in [0.05, 0.1) is 20.3 Å². The molecule has 0 spiro atoms. The Balaban J connectivity index is 0.00000304. The molecular weight excluding hydrogens is 476 g/mol. The highest BCUT2D eigenvalue weighted by atomic mass is 35.5. The average molecular weight is 515 g/mol. The van der Waals surface area contributed by atoms with Crippen molar-refractivity contribution in [2.75, 3.05) is 79.2 Å². The lowest BCUT2D eigenvalue weighted by Gasteiger charge is -2.53. The second kappa shape index (κ2) is 12.4. The molecule has 0 aromatic heterocycles. The van der Waals surface area contributed by atoms with Gasteiger partial charge in [0.15, 0.2) is 0 Å². The summed E-state index contributed by atoms with van der Waals surface area (Å²) in [6.45, 7) is 10.2. The largest absolute Gasteiger partial charge is 0.496 e. The third-order valence-corrected chi connectivity index (χ3v) is 7.86. The zero-order chi connectivity index (χ0) is 24.1. The van der Waals surface area contributed by atoms with Crippen LogP contribution in [-0.2, 0) is 22.5 Å². The highest BCUT2D eigenvalue weighted by Crippen LogP contribution is 2.30. The molecule has 0 radical (unpaired) electrons. The standard InChI is InChI=1S/C28H38N4O3.ClH/c1-34-26-10-6-5-9-25(26)21-30-13-17-31(18-14-30)27(33)28(22-35-23-28)32-19-15-29(16-20-32)12-11-24-7-3-2-4-8-24;/h2-10H,11-23H2,1H3;1H. The van der Waals surface area contributed by atoms with Gasteiger partial charge in [0.1, 0.15) is 11.3 Å². The Morgan fingerprint density at radius 1 is 0.861 bits per heavy atom. The summed E-state index contributed by atoms with van der Waals surface area (Å²) in [5.41, 5.74) is 2.12. The van der Waals surface area contributed by atoms with Gasteiger partial charge in [0.2, 0.25) is 5.91 Å². The molecule has 36 heavy (non-hydrogen) atoms. The first-order chi connectivity index (χ1) is 17.2. The van der Waals surface area contributed by atoms with E-state index in [9.17, 15) is 4.79 Å². The van der Waals surface area contributed by atoms with Crippen LogP contribution in [0.5, 0.6) is 5.75 Å². The summed E-state index contributed by atoms with van der Waals surface area (Å²) in [6.07, 6.45) is 1.08. The van der Waals surface area contributed by atoms with E-state index in [0.717, 1.165) is 77.6 Å². The van der Waals surface area contributed by atoms with Gasteiger partial charge in [-0.05, 0) is 18.1 Å². The molecule has 1 amide bonds. The van der Waals surface area contributed by atoms with Crippen molar-refractivity contribution < 1.29 is 14.3 Å². The molecule has 0 unspecified atom stereocenters. The van der Waals surface area contributed by atoms with Crippen LogP contribution in [0.15, 0.2) is 54.6 Å². The van der Waals surface area contributed by atoms with E-state index in [1.54, 1.807) is 7.11 Å². The summed E-state index contributed by atoms with van der Waals surface area (Å²) in [6, 6.07) is 18.9. The molecule has 196 valence electrons. The molecule has 3 aliphatic rings. The average Bonchev–Trinajstić information content (AvgIpc) is 2.89. The van der Waals surface area contributed by atoms with Crippen LogP contribution in [0.2, 0.25) is 0 Å². The molecule has 3 saturated heterocycles. The molecule has 3 heterocycles. The van der Waals surface area contributed by atoms with E-state index in [1.807, 2.05) is 12.1 Å². The Morgan fingerprint density at radius 2 is 1.50 bits per heavy atom. The maximum atomic E-state index is 13.7. The normalized spacial score (nSPS) is 20.9. The molecule has 2 aromatic carbocycles. The number of hydrogen-bond donors (Lipinski definition) is 0. The number of benzene rings is 2. The van der Waals surface area contributed by atoms with Crippen LogP contribution >= 0.6 is 12.4 Å². The van der Waals surface area contributed by atoms with Crippen LogP contribution in [0.3, 0.4) is 0 Å². The van der Waals surface area contributed by atoms with Gasteiger partial charge in [-0.3, -0.25) is 14.6 Å². The molecule has 8 heteroatoms. The first-order valence-corrected chi connectivity index (χ1v) is 12.9. The number of rotatable bonds is 8. The number of hydrogen-bond acceptors (Lipinski definition) is 6. The number of nitrogens with zero attached hydrogens (tertiary/aromatic N) is 4. The molecular formula is C28H39ClN4O3. The van der Waals surface area contributed by atoms with Gasteiger partial charge < -0.3 is 19.3 Å². The third kappa shape index (κ3) is 5.87. The van der Waals surface area contributed by atoms with Crippen molar-refractivity contribution in [1.82, 2.24) is 19.6 Å². The number of halogens is 1. The minimum atomic E-state index is -0.462. The lowest BCUT2D eigenvalue weighted by Crippen LogP contribution is -2.73. The molecule has 0 aliphatic carbocycles. The van der Waals surface area contributed by atoms with Crippen molar-refractivity contribution in [1.29, 1.82) is 0 Å². The van der Waals surface area contributed by atoms with Crippen molar-refractivity contribution in [2.24, 2.45) is 0 Å². The molecule has 0 atom stereocenters. The molecule has 0 bridgehead atoms.